The Bertz CT molecular complexity index is 636. The average molecular weight is 384 g/mol. The number of amides is 2. The molecule has 0 aliphatic carbocycles. The molecule has 144 valence electrons. The first-order chi connectivity index (χ1) is 11.9. The van der Waals surface area contributed by atoms with Gasteiger partial charge in [-0.15, -0.1) is 12.4 Å². The minimum Gasteiger partial charge on any atom is -0.480 e. The lowest BCUT2D eigenvalue weighted by atomic mass is 10.2. The molecule has 1 fully saturated rings. The van der Waals surface area contributed by atoms with Crippen LogP contribution in [0.5, 0.6) is 0 Å². The fraction of sp³-hybridized carbons (Fsp3) is 0.500. The molecule has 1 unspecified atom stereocenters. The van der Waals surface area contributed by atoms with Crippen LogP contribution in [0.3, 0.4) is 0 Å². The van der Waals surface area contributed by atoms with E-state index in [4.69, 9.17) is 5.11 Å². The van der Waals surface area contributed by atoms with Crippen molar-refractivity contribution in [2.45, 2.75) is 39.2 Å². The highest BCUT2D eigenvalue weighted by Crippen LogP contribution is 2.23. The second-order valence-corrected chi connectivity index (χ2v) is 6.23. The Balaban J connectivity index is 0.00000338. The van der Waals surface area contributed by atoms with Crippen molar-refractivity contribution in [2.75, 3.05) is 29.9 Å². The maximum absolute atomic E-state index is 12.4. The van der Waals surface area contributed by atoms with Crippen LogP contribution in [-0.2, 0) is 14.4 Å². The third kappa shape index (κ3) is 5.71. The van der Waals surface area contributed by atoms with E-state index in [2.05, 4.69) is 5.32 Å². The molecule has 0 bridgehead atoms. The zero-order valence-electron chi connectivity index (χ0n) is 15.1. The number of anilines is 2. The maximum Gasteiger partial charge on any atom is 0.317 e. The first-order valence-electron chi connectivity index (χ1n) is 8.59. The summed E-state index contributed by atoms with van der Waals surface area (Å²) in [5.74, 6) is -1.08. The topological polar surface area (TPSA) is 89.9 Å². The number of carboxylic acid groups (broad SMARTS) is 1. The lowest BCUT2D eigenvalue weighted by Gasteiger charge is -2.26. The predicted octanol–water partition coefficient (Wildman–Crippen LogP) is 2.36. The third-order valence-corrected chi connectivity index (χ3v) is 4.30. The summed E-state index contributed by atoms with van der Waals surface area (Å²) in [5, 5.41) is 11.8. The van der Waals surface area contributed by atoms with Gasteiger partial charge < -0.3 is 15.3 Å². The number of hydrogen-bond donors (Lipinski definition) is 2. The largest absolute Gasteiger partial charge is 0.480 e. The molecule has 1 aromatic rings. The number of carboxylic acids is 1. The van der Waals surface area contributed by atoms with Gasteiger partial charge in [-0.2, -0.15) is 0 Å². The number of hydrogen-bond acceptors (Lipinski definition) is 4. The summed E-state index contributed by atoms with van der Waals surface area (Å²) < 4.78 is 0. The number of carbonyl (C=O) groups excluding carboxylic acids is 2. The van der Waals surface area contributed by atoms with Crippen LogP contribution in [-0.4, -0.2) is 53.5 Å². The van der Waals surface area contributed by atoms with Crippen LogP contribution in [0.4, 0.5) is 11.4 Å². The van der Waals surface area contributed by atoms with Crippen molar-refractivity contribution in [3.63, 3.8) is 0 Å². The molecule has 1 saturated heterocycles. The minimum absolute atomic E-state index is 0. The summed E-state index contributed by atoms with van der Waals surface area (Å²) in [5.41, 5.74) is 1.45. The molecule has 7 nitrogen and oxygen atoms in total. The molecule has 1 heterocycles. The number of halogens is 1. The van der Waals surface area contributed by atoms with E-state index in [0.717, 1.165) is 25.1 Å². The summed E-state index contributed by atoms with van der Waals surface area (Å²) in [7, 11) is 0. The van der Waals surface area contributed by atoms with Gasteiger partial charge in [0, 0.05) is 24.3 Å². The van der Waals surface area contributed by atoms with Crippen molar-refractivity contribution in [2.24, 2.45) is 0 Å². The third-order valence-electron chi connectivity index (χ3n) is 4.30. The van der Waals surface area contributed by atoms with Gasteiger partial charge in [0.15, 0.2) is 0 Å². The van der Waals surface area contributed by atoms with E-state index in [0.29, 0.717) is 18.7 Å². The quantitative estimate of drug-likeness (QED) is 0.719. The van der Waals surface area contributed by atoms with Crippen LogP contribution in [0.1, 0.15) is 33.1 Å². The molecule has 0 aromatic heterocycles. The van der Waals surface area contributed by atoms with Crippen LogP contribution in [0.25, 0.3) is 0 Å². The molecular formula is C18H26ClN3O4. The Morgan fingerprint density at radius 3 is 2.46 bits per heavy atom. The van der Waals surface area contributed by atoms with Crippen LogP contribution < -0.4 is 10.2 Å². The summed E-state index contributed by atoms with van der Waals surface area (Å²) >= 11 is 0. The van der Waals surface area contributed by atoms with Crippen LogP contribution in [0.15, 0.2) is 24.3 Å². The standard InChI is InChI=1S/C18H25N3O4.ClH/c1-3-10-20(12-17(23)24)13(2)18(25)19-14-6-8-15(9-7-14)21-11-4-5-16(21)22;/h6-9,13H,3-5,10-12H2,1-2H3,(H,19,25)(H,23,24);1H. The molecule has 1 aromatic carbocycles. The number of aliphatic carboxylic acids is 1. The predicted molar refractivity (Wildman–Crippen MR) is 103 cm³/mol. The van der Waals surface area contributed by atoms with Crippen LogP contribution in [0.2, 0.25) is 0 Å². The molecule has 1 aliphatic heterocycles. The van der Waals surface area contributed by atoms with Crippen molar-refractivity contribution >= 4 is 41.6 Å². The minimum atomic E-state index is -0.951. The fourth-order valence-electron chi connectivity index (χ4n) is 2.93. The average Bonchev–Trinajstić information content (AvgIpc) is 3.00. The van der Waals surface area contributed by atoms with Gasteiger partial charge in [0.25, 0.3) is 0 Å². The smallest absolute Gasteiger partial charge is 0.317 e. The monoisotopic (exact) mass is 383 g/mol. The fourth-order valence-corrected chi connectivity index (χ4v) is 2.93. The molecule has 0 saturated carbocycles. The molecule has 2 N–H and O–H groups in total. The van der Waals surface area contributed by atoms with Crippen LogP contribution >= 0.6 is 12.4 Å². The van der Waals surface area contributed by atoms with E-state index in [1.165, 1.54) is 0 Å². The zero-order valence-corrected chi connectivity index (χ0v) is 15.9. The number of nitrogens with zero attached hydrogens (tertiary/aromatic N) is 2. The van der Waals surface area contributed by atoms with E-state index in [-0.39, 0.29) is 30.8 Å². The molecule has 8 heteroatoms. The lowest BCUT2D eigenvalue weighted by molar-refractivity contribution is -0.139. The van der Waals surface area contributed by atoms with Crippen molar-refractivity contribution in [3.05, 3.63) is 24.3 Å². The Hall–Kier alpha value is -2.12. The first kappa shape index (κ1) is 21.9. The van der Waals surface area contributed by atoms with Crippen LogP contribution in [0, 0.1) is 0 Å². The number of nitrogens with one attached hydrogen (secondary N) is 1. The highest BCUT2D eigenvalue weighted by molar-refractivity contribution is 5.97. The lowest BCUT2D eigenvalue weighted by Crippen LogP contribution is -2.44. The number of benzene rings is 1. The number of carbonyl (C=O) groups is 3. The summed E-state index contributed by atoms with van der Waals surface area (Å²) in [6, 6.07) is 6.59. The van der Waals surface area contributed by atoms with E-state index in [9.17, 15) is 14.4 Å². The molecule has 2 amide bonds. The molecule has 0 spiro atoms. The maximum atomic E-state index is 12.4. The first-order valence-corrected chi connectivity index (χ1v) is 8.59. The van der Waals surface area contributed by atoms with E-state index < -0.39 is 12.0 Å². The van der Waals surface area contributed by atoms with Gasteiger partial charge in [-0.25, -0.2) is 0 Å². The normalized spacial score (nSPS) is 14.9. The van der Waals surface area contributed by atoms with Gasteiger partial charge in [-0.05, 0) is 50.6 Å². The van der Waals surface area contributed by atoms with Gasteiger partial charge in [0.05, 0.1) is 12.6 Å². The molecule has 1 aliphatic rings. The summed E-state index contributed by atoms with van der Waals surface area (Å²) in [4.78, 5) is 38.5. The molecular weight excluding hydrogens is 358 g/mol. The van der Waals surface area contributed by atoms with Crippen molar-refractivity contribution in [3.8, 4) is 0 Å². The molecule has 0 radical (unpaired) electrons. The highest BCUT2D eigenvalue weighted by atomic mass is 35.5. The molecule has 1 atom stereocenters. The Labute approximate surface area is 159 Å². The Morgan fingerprint density at radius 2 is 1.96 bits per heavy atom. The SMILES string of the molecule is CCCN(CC(=O)O)C(C)C(=O)Nc1ccc(N2CCCC2=O)cc1.Cl. The van der Waals surface area contributed by atoms with Gasteiger partial charge in [0.1, 0.15) is 0 Å². The van der Waals surface area contributed by atoms with Crippen molar-refractivity contribution < 1.29 is 19.5 Å². The van der Waals surface area contributed by atoms with E-state index in [1.807, 2.05) is 19.1 Å². The van der Waals surface area contributed by atoms with Crippen molar-refractivity contribution in [1.82, 2.24) is 4.90 Å². The van der Waals surface area contributed by atoms with Gasteiger partial charge in [0.2, 0.25) is 11.8 Å². The van der Waals surface area contributed by atoms with Gasteiger partial charge in [-0.1, -0.05) is 6.92 Å². The van der Waals surface area contributed by atoms with Gasteiger partial charge in [-0.3, -0.25) is 19.3 Å². The highest BCUT2D eigenvalue weighted by Gasteiger charge is 2.24. The second kappa shape index (κ2) is 10.1. The summed E-state index contributed by atoms with van der Waals surface area (Å²) in [6.45, 7) is 4.74. The van der Waals surface area contributed by atoms with E-state index >= 15 is 0 Å². The zero-order chi connectivity index (χ0) is 18.4. The molecule has 26 heavy (non-hydrogen) atoms. The molecule has 2 rings (SSSR count). The second-order valence-electron chi connectivity index (χ2n) is 6.23. The Kier molecular flexibility index (Phi) is 8.54. The number of rotatable bonds is 8. The van der Waals surface area contributed by atoms with Gasteiger partial charge >= 0.3 is 5.97 Å². The Morgan fingerprint density at radius 1 is 1.31 bits per heavy atom. The van der Waals surface area contributed by atoms with Crippen molar-refractivity contribution in [1.29, 1.82) is 0 Å². The summed E-state index contributed by atoms with van der Waals surface area (Å²) in [6.07, 6.45) is 2.21. The van der Waals surface area contributed by atoms with E-state index in [1.54, 1.807) is 28.9 Å².